The topological polar surface area (TPSA) is 55.6 Å². The van der Waals surface area contributed by atoms with Gasteiger partial charge in [0.2, 0.25) is 0 Å². The number of aryl methyl sites for hydroxylation is 3. The van der Waals surface area contributed by atoms with Gasteiger partial charge in [-0.25, -0.2) is 9.97 Å². The van der Waals surface area contributed by atoms with Crippen molar-refractivity contribution in [3.8, 4) is 0 Å². The molecule has 0 amide bonds. The van der Waals surface area contributed by atoms with E-state index in [4.69, 9.17) is 4.98 Å². The van der Waals surface area contributed by atoms with Gasteiger partial charge in [0.05, 0.1) is 5.69 Å². The molecule has 2 aromatic heterocycles. The predicted molar refractivity (Wildman–Crippen MR) is 87.0 cm³/mol. The first-order chi connectivity index (χ1) is 10.0. The first-order valence-electron chi connectivity index (χ1n) is 7.35. The Kier molecular flexibility index (Phi) is 5.22. The van der Waals surface area contributed by atoms with Crippen molar-refractivity contribution in [3.05, 3.63) is 23.1 Å². The van der Waals surface area contributed by atoms with Crippen molar-refractivity contribution in [3.63, 3.8) is 0 Å². The van der Waals surface area contributed by atoms with Gasteiger partial charge in [0.1, 0.15) is 21.7 Å². The van der Waals surface area contributed by atoms with E-state index in [9.17, 15) is 0 Å². The predicted octanol–water partition coefficient (Wildman–Crippen LogP) is 3.36. The van der Waals surface area contributed by atoms with Crippen LogP contribution in [-0.2, 0) is 13.5 Å². The molecule has 5 nitrogen and oxygen atoms in total. The molecule has 0 atom stereocenters. The molecule has 2 heterocycles. The number of rotatable bonds is 6. The molecule has 114 valence electrons. The minimum Gasteiger partial charge on any atom is -0.370 e. The summed E-state index contributed by atoms with van der Waals surface area (Å²) in [6, 6.07) is 2.08. The number of hydrogen-bond donors (Lipinski definition) is 1. The molecule has 0 saturated heterocycles. The Morgan fingerprint density at radius 2 is 2.00 bits per heavy atom. The Morgan fingerprint density at radius 1 is 1.24 bits per heavy atom. The molecule has 0 aromatic carbocycles. The highest BCUT2D eigenvalue weighted by atomic mass is 32.2. The zero-order valence-corrected chi connectivity index (χ0v) is 14.2. The highest BCUT2D eigenvalue weighted by Gasteiger charge is 2.13. The fourth-order valence-electron chi connectivity index (χ4n) is 2.10. The number of hydrogen-bond acceptors (Lipinski definition) is 5. The quantitative estimate of drug-likeness (QED) is 0.829. The Bertz CT molecular complexity index is 621. The summed E-state index contributed by atoms with van der Waals surface area (Å²) in [6.45, 7) is 9.16. The van der Waals surface area contributed by atoms with Gasteiger partial charge in [-0.05, 0) is 45.0 Å². The molecule has 0 radical (unpaired) electrons. The van der Waals surface area contributed by atoms with Gasteiger partial charge in [0.25, 0.3) is 0 Å². The molecule has 2 aromatic rings. The van der Waals surface area contributed by atoms with Gasteiger partial charge < -0.3 is 5.32 Å². The number of anilines is 1. The number of nitrogens with one attached hydrogen (secondary N) is 1. The van der Waals surface area contributed by atoms with Crippen LogP contribution in [0.5, 0.6) is 0 Å². The second kappa shape index (κ2) is 6.93. The molecular formula is C15H23N5S. The van der Waals surface area contributed by atoms with E-state index in [1.54, 1.807) is 11.8 Å². The summed E-state index contributed by atoms with van der Waals surface area (Å²) in [5.74, 6) is 1.85. The van der Waals surface area contributed by atoms with Crippen molar-refractivity contribution in [2.45, 2.75) is 50.6 Å². The van der Waals surface area contributed by atoms with Crippen LogP contribution in [0.1, 0.15) is 37.4 Å². The van der Waals surface area contributed by atoms with E-state index in [1.807, 2.05) is 18.7 Å². The van der Waals surface area contributed by atoms with Crippen LogP contribution in [-0.4, -0.2) is 26.3 Å². The molecule has 0 fully saturated rings. The third-order valence-corrected chi connectivity index (χ3v) is 4.31. The fraction of sp³-hybridized carbons (Fsp3) is 0.533. The van der Waals surface area contributed by atoms with Crippen LogP contribution in [0.25, 0.3) is 0 Å². The zero-order valence-electron chi connectivity index (χ0n) is 13.4. The average molecular weight is 305 g/mol. The summed E-state index contributed by atoms with van der Waals surface area (Å²) < 4.78 is 1.90. The maximum atomic E-state index is 4.72. The summed E-state index contributed by atoms with van der Waals surface area (Å²) in [5.41, 5.74) is 2.12. The number of nitrogens with zero attached hydrogens (tertiary/aromatic N) is 4. The van der Waals surface area contributed by atoms with E-state index < -0.39 is 0 Å². The average Bonchev–Trinajstić information content (AvgIpc) is 2.74. The van der Waals surface area contributed by atoms with Crippen LogP contribution in [0, 0.1) is 13.8 Å². The van der Waals surface area contributed by atoms with Crippen LogP contribution >= 0.6 is 11.8 Å². The Balaban J connectivity index is 2.38. The van der Waals surface area contributed by atoms with Crippen molar-refractivity contribution >= 4 is 17.6 Å². The van der Waals surface area contributed by atoms with Crippen molar-refractivity contribution in [2.24, 2.45) is 7.05 Å². The van der Waals surface area contributed by atoms with E-state index in [0.717, 1.165) is 52.3 Å². The largest absolute Gasteiger partial charge is 0.370 e. The zero-order chi connectivity index (χ0) is 15.4. The molecule has 21 heavy (non-hydrogen) atoms. The summed E-state index contributed by atoms with van der Waals surface area (Å²) in [5, 5.41) is 9.83. The maximum absolute atomic E-state index is 4.72. The lowest BCUT2D eigenvalue weighted by Gasteiger charge is -2.12. The molecule has 0 aliphatic heterocycles. The van der Waals surface area contributed by atoms with E-state index in [-0.39, 0.29) is 0 Å². The van der Waals surface area contributed by atoms with Crippen LogP contribution in [0.15, 0.2) is 16.1 Å². The highest BCUT2D eigenvalue weighted by Crippen LogP contribution is 2.31. The van der Waals surface area contributed by atoms with Gasteiger partial charge in [0.15, 0.2) is 0 Å². The van der Waals surface area contributed by atoms with Crippen molar-refractivity contribution in [2.75, 3.05) is 11.9 Å². The molecule has 0 spiro atoms. The summed E-state index contributed by atoms with van der Waals surface area (Å²) in [7, 11) is 1.96. The summed E-state index contributed by atoms with van der Waals surface area (Å²) >= 11 is 1.65. The fourth-order valence-corrected chi connectivity index (χ4v) is 3.10. The van der Waals surface area contributed by atoms with Gasteiger partial charge >= 0.3 is 0 Å². The molecule has 2 rings (SSSR count). The van der Waals surface area contributed by atoms with E-state index >= 15 is 0 Å². The molecule has 0 saturated carbocycles. The molecule has 0 bridgehead atoms. The van der Waals surface area contributed by atoms with Crippen molar-refractivity contribution in [1.82, 2.24) is 19.7 Å². The van der Waals surface area contributed by atoms with Crippen molar-refractivity contribution < 1.29 is 0 Å². The monoisotopic (exact) mass is 305 g/mol. The van der Waals surface area contributed by atoms with E-state index in [0.29, 0.717) is 0 Å². The van der Waals surface area contributed by atoms with Gasteiger partial charge in [-0.1, -0.05) is 6.92 Å². The van der Waals surface area contributed by atoms with Gasteiger partial charge in [-0.2, -0.15) is 5.10 Å². The number of aromatic nitrogens is 4. The summed E-state index contributed by atoms with van der Waals surface area (Å²) in [6.07, 6.45) is 1.94. The molecule has 0 aliphatic rings. The standard InChI is InChI=1S/C15H23N5S/c1-6-8-12-17-14(16-7-2)11(4)15(18-12)21-13-9-10(3)19-20(13)5/h9H,6-8H2,1-5H3,(H,16,17,18). The Morgan fingerprint density at radius 3 is 2.57 bits per heavy atom. The lowest BCUT2D eigenvalue weighted by atomic mass is 10.3. The minimum absolute atomic E-state index is 0.859. The SMILES string of the molecule is CCCc1nc(NCC)c(C)c(Sc2cc(C)nn2C)n1. The second-order valence-electron chi connectivity index (χ2n) is 5.05. The molecule has 1 N–H and O–H groups in total. The van der Waals surface area contributed by atoms with E-state index in [1.165, 1.54) is 0 Å². The molecule has 0 aliphatic carbocycles. The van der Waals surface area contributed by atoms with Crippen LogP contribution in [0.2, 0.25) is 0 Å². The van der Waals surface area contributed by atoms with Crippen LogP contribution < -0.4 is 5.32 Å². The van der Waals surface area contributed by atoms with Gasteiger partial charge in [0, 0.05) is 25.6 Å². The molecular weight excluding hydrogens is 282 g/mol. The first kappa shape index (κ1) is 15.8. The van der Waals surface area contributed by atoms with Crippen molar-refractivity contribution in [1.29, 1.82) is 0 Å². The lowest BCUT2D eigenvalue weighted by molar-refractivity contribution is 0.691. The first-order valence-corrected chi connectivity index (χ1v) is 8.16. The Hall–Kier alpha value is -1.56. The Labute approximate surface area is 130 Å². The van der Waals surface area contributed by atoms with Crippen LogP contribution in [0.3, 0.4) is 0 Å². The smallest absolute Gasteiger partial charge is 0.133 e. The summed E-state index contributed by atoms with van der Waals surface area (Å²) in [4.78, 5) is 9.35. The maximum Gasteiger partial charge on any atom is 0.133 e. The lowest BCUT2D eigenvalue weighted by Crippen LogP contribution is -2.07. The van der Waals surface area contributed by atoms with Crippen LogP contribution in [0.4, 0.5) is 5.82 Å². The van der Waals surface area contributed by atoms with Gasteiger partial charge in [-0.15, -0.1) is 0 Å². The normalized spacial score (nSPS) is 10.9. The highest BCUT2D eigenvalue weighted by molar-refractivity contribution is 7.99. The third kappa shape index (κ3) is 3.75. The second-order valence-corrected chi connectivity index (χ2v) is 6.06. The molecule has 6 heteroatoms. The van der Waals surface area contributed by atoms with E-state index in [2.05, 4.69) is 42.2 Å². The third-order valence-electron chi connectivity index (χ3n) is 3.13. The molecule has 0 unspecified atom stereocenters. The minimum atomic E-state index is 0.859. The van der Waals surface area contributed by atoms with Gasteiger partial charge in [-0.3, -0.25) is 4.68 Å².